The van der Waals surface area contributed by atoms with Crippen LogP contribution in [-0.4, -0.2) is 18.1 Å². The van der Waals surface area contributed by atoms with E-state index in [2.05, 4.69) is 10.3 Å². The number of hydrogen-bond donors (Lipinski definition) is 1. The Bertz CT molecular complexity index is 522. The zero-order valence-corrected chi connectivity index (χ0v) is 11.0. The van der Waals surface area contributed by atoms with Gasteiger partial charge in [-0.25, -0.2) is 4.39 Å². The molecule has 100 valence electrons. The van der Waals surface area contributed by atoms with Crippen molar-refractivity contribution in [2.24, 2.45) is 0 Å². The van der Waals surface area contributed by atoms with Crippen molar-refractivity contribution in [1.82, 2.24) is 10.3 Å². The van der Waals surface area contributed by atoms with Crippen molar-refractivity contribution in [3.63, 3.8) is 0 Å². The van der Waals surface area contributed by atoms with Crippen LogP contribution in [0.1, 0.15) is 5.69 Å². The highest BCUT2D eigenvalue weighted by atomic mass is 35.5. The van der Waals surface area contributed by atoms with Gasteiger partial charge in [0, 0.05) is 25.4 Å². The van der Waals surface area contributed by atoms with Crippen LogP contribution in [0.4, 0.5) is 4.39 Å². The van der Waals surface area contributed by atoms with Gasteiger partial charge in [-0.15, -0.1) is 0 Å². The first-order chi connectivity index (χ1) is 9.25. The Labute approximate surface area is 116 Å². The molecule has 0 saturated heterocycles. The van der Waals surface area contributed by atoms with E-state index in [1.54, 1.807) is 12.3 Å². The van der Waals surface area contributed by atoms with Gasteiger partial charge in [-0.3, -0.25) is 4.98 Å². The summed E-state index contributed by atoms with van der Waals surface area (Å²) in [4.78, 5) is 4.19. The Morgan fingerprint density at radius 2 is 2.16 bits per heavy atom. The molecule has 0 bridgehead atoms. The molecule has 0 spiro atoms. The van der Waals surface area contributed by atoms with E-state index >= 15 is 0 Å². The third-order valence-electron chi connectivity index (χ3n) is 2.47. The molecule has 3 nitrogen and oxygen atoms in total. The topological polar surface area (TPSA) is 34.1 Å². The quantitative estimate of drug-likeness (QED) is 0.826. The first kappa shape index (κ1) is 13.8. The summed E-state index contributed by atoms with van der Waals surface area (Å²) in [5, 5.41) is 3.29. The Hall–Kier alpha value is -1.65. The van der Waals surface area contributed by atoms with Gasteiger partial charge in [0.05, 0.1) is 10.7 Å². The molecular formula is C14H14ClFN2O. The van der Waals surface area contributed by atoms with Crippen molar-refractivity contribution in [1.29, 1.82) is 0 Å². The van der Waals surface area contributed by atoms with Gasteiger partial charge in [-0.1, -0.05) is 17.7 Å². The summed E-state index contributed by atoms with van der Waals surface area (Å²) < 4.78 is 18.5. The monoisotopic (exact) mass is 280 g/mol. The summed E-state index contributed by atoms with van der Waals surface area (Å²) in [6.07, 6.45) is 1.75. The molecule has 0 saturated carbocycles. The van der Waals surface area contributed by atoms with Gasteiger partial charge in [-0.05, 0) is 24.3 Å². The molecular weight excluding hydrogens is 267 g/mol. The fourth-order valence-electron chi connectivity index (χ4n) is 1.53. The minimum absolute atomic E-state index is 0.0978. The molecule has 0 aliphatic rings. The Balaban J connectivity index is 1.68. The molecule has 0 atom stereocenters. The van der Waals surface area contributed by atoms with Crippen LogP contribution in [0.25, 0.3) is 0 Å². The minimum Gasteiger partial charge on any atom is -0.492 e. The number of hydrogen-bond acceptors (Lipinski definition) is 3. The van der Waals surface area contributed by atoms with Gasteiger partial charge in [0.1, 0.15) is 18.2 Å². The standard InChI is InChI=1S/C14H14ClFN2O/c15-13-5-4-12(9-14(13)16)19-8-7-17-10-11-3-1-2-6-18-11/h1-6,9,17H,7-8,10H2. The van der Waals surface area contributed by atoms with Gasteiger partial charge < -0.3 is 10.1 Å². The van der Waals surface area contributed by atoms with Gasteiger partial charge in [0.15, 0.2) is 0 Å². The highest BCUT2D eigenvalue weighted by Gasteiger charge is 2.01. The lowest BCUT2D eigenvalue weighted by Crippen LogP contribution is -2.21. The summed E-state index contributed by atoms with van der Waals surface area (Å²) in [5.41, 5.74) is 0.972. The van der Waals surface area contributed by atoms with Gasteiger partial charge >= 0.3 is 0 Å². The van der Waals surface area contributed by atoms with E-state index in [-0.39, 0.29) is 5.02 Å². The summed E-state index contributed by atoms with van der Waals surface area (Å²) >= 11 is 5.58. The Morgan fingerprint density at radius 3 is 2.89 bits per heavy atom. The molecule has 1 N–H and O–H groups in total. The fraction of sp³-hybridized carbons (Fsp3) is 0.214. The summed E-state index contributed by atoms with van der Waals surface area (Å²) in [5.74, 6) is 0.00199. The molecule has 1 aromatic heterocycles. The number of ether oxygens (including phenoxy) is 1. The molecule has 0 radical (unpaired) electrons. The van der Waals surface area contributed by atoms with Crippen LogP contribution in [0, 0.1) is 5.82 Å². The first-order valence-corrected chi connectivity index (χ1v) is 6.32. The lowest BCUT2D eigenvalue weighted by Gasteiger charge is -2.07. The molecule has 2 rings (SSSR count). The van der Waals surface area contributed by atoms with Crippen molar-refractivity contribution in [3.05, 3.63) is 59.1 Å². The van der Waals surface area contributed by atoms with Crippen molar-refractivity contribution >= 4 is 11.6 Å². The molecule has 1 heterocycles. The van der Waals surface area contributed by atoms with Crippen LogP contribution in [0.15, 0.2) is 42.6 Å². The van der Waals surface area contributed by atoms with Crippen LogP contribution in [0.2, 0.25) is 5.02 Å². The molecule has 1 aromatic carbocycles. The zero-order valence-electron chi connectivity index (χ0n) is 10.3. The summed E-state index contributed by atoms with van der Waals surface area (Å²) in [6.45, 7) is 1.79. The van der Waals surface area contributed by atoms with Crippen molar-refractivity contribution in [2.75, 3.05) is 13.2 Å². The van der Waals surface area contributed by atoms with E-state index in [0.717, 1.165) is 5.69 Å². The van der Waals surface area contributed by atoms with E-state index in [1.807, 2.05) is 18.2 Å². The average Bonchev–Trinajstić information content (AvgIpc) is 2.43. The largest absolute Gasteiger partial charge is 0.492 e. The summed E-state index contributed by atoms with van der Waals surface area (Å²) in [6, 6.07) is 10.2. The molecule has 5 heteroatoms. The Morgan fingerprint density at radius 1 is 1.26 bits per heavy atom. The van der Waals surface area contributed by atoms with Gasteiger partial charge in [-0.2, -0.15) is 0 Å². The van der Waals surface area contributed by atoms with Crippen LogP contribution in [-0.2, 0) is 6.54 Å². The smallest absolute Gasteiger partial charge is 0.145 e. The average molecular weight is 281 g/mol. The van der Waals surface area contributed by atoms with E-state index in [1.165, 1.54) is 12.1 Å². The number of nitrogens with one attached hydrogen (secondary N) is 1. The number of halogens is 2. The minimum atomic E-state index is -0.472. The normalized spacial score (nSPS) is 10.4. The van der Waals surface area contributed by atoms with Crippen LogP contribution < -0.4 is 10.1 Å². The second kappa shape index (κ2) is 7.07. The maximum atomic E-state index is 13.1. The highest BCUT2D eigenvalue weighted by molar-refractivity contribution is 6.30. The van der Waals surface area contributed by atoms with Crippen molar-refractivity contribution in [3.8, 4) is 5.75 Å². The second-order valence-corrected chi connectivity index (χ2v) is 4.33. The summed E-state index contributed by atoms with van der Waals surface area (Å²) in [7, 11) is 0. The predicted octanol–water partition coefficient (Wildman–Crippen LogP) is 3.04. The molecule has 0 fully saturated rings. The lowest BCUT2D eigenvalue weighted by molar-refractivity contribution is 0.312. The van der Waals surface area contributed by atoms with Crippen LogP contribution >= 0.6 is 11.6 Å². The molecule has 0 aliphatic heterocycles. The number of benzene rings is 1. The third-order valence-corrected chi connectivity index (χ3v) is 2.78. The Kier molecular flexibility index (Phi) is 5.12. The zero-order chi connectivity index (χ0) is 13.5. The number of rotatable bonds is 6. The maximum Gasteiger partial charge on any atom is 0.145 e. The molecule has 0 unspecified atom stereocenters. The number of aromatic nitrogens is 1. The molecule has 0 amide bonds. The predicted molar refractivity (Wildman–Crippen MR) is 72.8 cm³/mol. The molecule has 19 heavy (non-hydrogen) atoms. The second-order valence-electron chi connectivity index (χ2n) is 3.92. The van der Waals surface area contributed by atoms with E-state index in [4.69, 9.17) is 16.3 Å². The van der Waals surface area contributed by atoms with Crippen molar-refractivity contribution in [2.45, 2.75) is 6.54 Å². The SMILES string of the molecule is Fc1cc(OCCNCc2ccccn2)ccc1Cl. The maximum absolute atomic E-state index is 13.1. The fourth-order valence-corrected chi connectivity index (χ4v) is 1.64. The highest BCUT2D eigenvalue weighted by Crippen LogP contribution is 2.20. The number of pyridine rings is 1. The van der Waals surface area contributed by atoms with Gasteiger partial charge in [0.25, 0.3) is 0 Å². The van der Waals surface area contributed by atoms with Gasteiger partial charge in [0.2, 0.25) is 0 Å². The van der Waals surface area contributed by atoms with Crippen LogP contribution in [0.5, 0.6) is 5.75 Å². The lowest BCUT2D eigenvalue weighted by atomic mass is 10.3. The van der Waals surface area contributed by atoms with Crippen LogP contribution in [0.3, 0.4) is 0 Å². The molecule has 0 aliphatic carbocycles. The van der Waals surface area contributed by atoms with Crippen molar-refractivity contribution < 1.29 is 9.13 Å². The van der Waals surface area contributed by atoms with E-state index < -0.39 is 5.82 Å². The third kappa shape index (κ3) is 4.50. The number of nitrogens with zero attached hydrogens (tertiary/aromatic N) is 1. The first-order valence-electron chi connectivity index (χ1n) is 5.94. The van der Waals surface area contributed by atoms with E-state index in [9.17, 15) is 4.39 Å². The van der Waals surface area contributed by atoms with E-state index in [0.29, 0.717) is 25.4 Å². The molecule has 2 aromatic rings.